The van der Waals surface area contributed by atoms with Gasteiger partial charge in [-0.2, -0.15) is 5.26 Å². The number of benzene rings is 3. The Balaban J connectivity index is 1.96. The number of carbonyl (C=O) groups excluding carboxylic acids is 3. The van der Waals surface area contributed by atoms with E-state index < -0.39 is 29.5 Å². The number of nitrogens with zero attached hydrogens (tertiary/aromatic N) is 2. The maximum atomic E-state index is 13.3. The summed E-state index contributed by atoms with van der Waals surface area (Å²) in [5, 5.41) is 20.6. The largest absolute Gasteiger partial charge is 0.507 e. The van der Waals surface area contributed by atoms with Crippen LogP contribution in [0.4, 0.5) is 5.69 Å². The van der Waals surface area contributed by atoms with Crippen LogP contribution in [0.5, 0.6) is 11.5 Å². The van der Waals surface area contributed by atoms with Crippen LogP contribution in [-0.2, 0) is 14.4 Å². The number of nitriles is 1. The Morgan fingerprint density at radius 1 is 1.05 bits per heavy atom. The number of esters is 1. The summed E-state index contributed by atoms with van der Waals surface area (Å²) in [5.74, 6) is -2.55. The first-order valence-corrected chi connectivity index (χ1v) is 11.5. The molecule has 3 aromatic rings. The maximum absolute atomic E-state index is 13.3. The molecular weight excluding hydrogens is 519 g/mol. The maximum Gasteiger partial charge on any atom is 0.308 e. The zero-order valence-electron chi connectivity index (χ0n) is 19.5. The van der Waals surface area contributed by atoms with Gasteiger partial charge in [0.15, 0.2) is 5.75 Å². The first-order chi connectivity index (χ1) is 17.7. The number of aliphatic hydroxyl groups excluding tert-OH is 1. The van der Waals surface area contributed by atoms with Crippen LogP contribution in [-0.4, -0.2) is 29.9 Å². The van der Waals surface area contributed by atoms with Crippen molar-refractivity contribution in [3.63, 3.8) is 0 Å². The molecule has 1 fully saturated rings. The van der Waals surface area contributed by atoms with Gasteiger partial charge in [0, 0.05) is 18.2 Å². The third kappa shape index (κ3) is 4.87. The zero-order valence-corrected chi connectivity index (χ0v) is 21.0. The monoisotopic (exact) mass is 536 g/mol. The average Bonchev–Trinajstić information content (AvgIpc) is 3.13. The molecule has 8 nitrogen and oxygen atoms in total. The number of anilines is 1. The van der Waals surface area contributed by atoms with E-state index in [1.165, 1.54) is 61.4 Å². The molecule has 1 aliphatic heterocycles. The summed E-state index contributed by atoms with van der Waals surface area (Å²) < 4.78 is 10.3. The van der Waals surface area contributed by atoms with Crippen molar-refractivity contribution in [2.24, 2.45) is 0 Å². The number of ketones is 1. The van der Waals surface area contributed by atoms with E-state index in [1.54, 1.807) is 18.2 Å². The van der Waals surface area contributed by atoms with E-state index in [2.05, 4.69) is 0 Å². The molecular formula is C27H18Cl2N2O6. The molecule has 4 rings (SSSR count). The lowest BCUT2D eigenvalue weighted by Gasteiger charge is -2.25. The highest BCUT2D eigenvalue weighted by atomic mass is 35.5. The molecule has 0 aromatic heterocycles. The van der Waals surface area contributed by atoms with Crippen LogP contribution in [0.1, 0.15) is 29.7 Å². The average molecular weight is 537 g/mol. The molecule has 1 saturated heterocycles. The van der Waals surface area contributed by atoms with Crippen molar-refractivity contribution in [1.82, 2.24) is 0 Å². The van der Waals surface area contributed by atoms with Gasteiger partial charge in [-0.25, -0.2) is 0 Å². The van der Waals surface area contributed by atoms with Crippen molar-refractivity contribution < 1.29 is 29.0 Å². The van der Waals surface area contributed by atoms with E-state index in [1.807, 2.05) is 6.07 Å². The summed E-state index contributed by atoms with van der Waals surface area (Å²) in [6.45, 7) is 1.24. The number of rotatable bonds is 5. The van der Waals surface area contributed by atoms with Gasteiger partial charge in [-0.05, 0) is 54.1 Å². The molecule has 1 amide bonds. The lowest BCUT2D eigenvalue weighted by molar-refractivity contribution is -0.132. The molecule has 37 heavy (non-hydrogen) atoms. The number of carbonyl (C=O) groups is 3. The highest BCUT2D eigenvalue weighted by Crippen LogP contribution is 2.44. The Morgan fingerprint density at radius 3 is 2.27 bits per heavy atom. The van der Waals surface area contributed by atoms with Gasteiger partial charge in [0.05, 0.1) is 40.4 Å². The summed E-state index contributed by atoms with van der Waals surface area (Å²) in [6.07, 6.45) is 0. The first-order valence-electron chi connectivity index (χ1n) is 10.8. The van der Waals surface area contributed by atoms with E-state index in [4.69, 9.17) is 37.9 Å². The summed E-state index contributed by atoms with van der Waals surface area (Å²) in [6, 6.07) is 15.9. The first kappa shape index (κ1) is 25.8. The zero-order chi connectivity index (χ0) is 26.9. The number of aliphatic hydroxyl groups is 1. The number of ether oxygens (including phenoxy) is 2. The second-order valence-electron chi connectivity index (χ2n) is 7.97. The number of amides is 1. The number of Topliss-reactive ketones (excluding diaryl/α,β-unsaturated/α-hetero) is 1. The van der Waals surface area contributed by atoms with Crippen molar-refractivity contribution in [1.29, 1.82) is 5.26 Å². The van der Waals surface area contributed by atoms with Gasteiger partial charge in [-0.15, -0.1) is 0 Å². The Kier molecular flexibility index (Phi) is 7.21. The van der Waals surface area contributed by atoms with Crippen molar-refractivity contribution >= 4 is 52.3 Å². The number of hydrogen-bond acceptors (Lipinski definition) is 7. The Morgan fingerprint density at radius 2 is 1.70 bits per heavy atom. The molecule has 0 bridgehead atoms. The van der Waals surface area contributed by atoms with E-state index in [0.29, 0.717) is 16.8 Å². The summed E-state index contributed by atoms with van der Waals surface area (Å²) >= 11 is 12.5. The van der Waals surface area contributed by atoms with Crippen molar-refractivity contribution in [3.8, 4) is 17.6 Å². The third-order valence-corrected chi connectivity index (χ3v) is 6.19. The van der Waals surface area contributed by atoms with Gasteiger partial charge in [0.1, 0.15) is 11.5 Å². The van der Waals surface area contributed by atoms with Crippen LogP contribution in [0.15, 0.2) is 66.2 Å². The predicted octanol–water partition coefficient (Wildman–Crippen LogP) is 5.43. The molecule has 1 N–H and O–H groups in total. The number of halogens is 2. The van der Waals surface area contributed by atoms with Crippen LogP contribution >= 0.6 is 23.2 Å². The minimum absolute atomic E-state index is 0.0891. The van der Waals surface area contributed by atoms with Gasteiger partial charge >= 0.3 is 5.97 Å². The fourth-order valence-electron chi connectivity index (χ4n) is 4.07. The van der Waals surface area contributed by atoms with Gasteiger partial charge in [0.2, 0.25) is 0 Å². The molecule has 1 atom stereocenters. The fraction of sp³-hybridized carbons (Fsp3) is 0.111. The van der Waals surface area contributed by atoms with E-state index in [0.717, 1.165) is 0 Å². The predicted molar refractivity (Wildman–Crippen MR) is 137 cm³/mol. The quantitative estimate of drug-likeness (QED) is 0.152. The lowest BCUT2D eigenvalue weighted by atomic mass is 9.95. The Bertz CT molecular complexity index is 1490. The van der Waals surface area contributed by atoms with E-state index >= 15 is 0 Å². The number of methoxy groups -OCH3 is 1. The van der Waals surface area contributed by atoms with Gasteiger partial charge in [0.25, 0.3) is 11.7 Å². The summed E-state index contributed by atoms with van der Waals surface area (Å²) in [4.78, 5) is 39.3. The highest BCUT2D eigenvalue weighted by Gasteiger charge is 2.47. The molecule has 1 heterocycles. The highest BCUT2D eigenvalue weighted by molar-refractivity contribution is 6.51. The van der Waals surface area contributed by atoms with Crippen LogP contribution in [0.2, 0.25) is 10.0 Å². The fourth-order valence-corrected chi connectivity index (χ4v) is 4.71. The van der Waals surface area contributed by atoms with Gasteiger partial charge < -0.3 is 14.6 Å². The summed E-state index contributed by atoms with van der Waals surface area (Å²) in [7, 11) is 1.38. The van der Waals surface area contributed by atoms with E-state index in [9.17, 15) is 19.5 Å². The van der Waals surface area contributed by atoms with Crippen molar-refractivity contribution in [2.75, 3.05) is 12.0 Å². The lowest BCUT2D eigenvalue weighted by Crippen LogP contribution is -2.29. The molecule has 1 unspecified atom stereocenters. The molecule has 0 spiro atoms. The van der Waals surface area contributed by atoms with E-state index in [-0.39, 0.29) is 32.7 Å². The van der Waals surface area contributed by atoms with Crippen LogP contribution < -0.4 is 14.4 Å². The Hall–Kier alpha value is -4.32. The van der Waals surface area contributed by atoms with Gasteiger partial charge in [-0.1, -0.05) is 35.3 Å². The SMILES string of the molecule is COc1c(Cl)cc(/C(O)=C2\C(=O)C(=O)N(c3ccc(C#N)cc3)C2c2cccc(OC(C)=O)c2)cc1Cl. The normalized spacial score (nSPS) is 16.4. The Labute approximate surface area is 221 Å². The van der Waals surface area contributed by atoms with Gasteiger partial charge in [-0.3, -0.25) is 19.3 Å². The summed E-state index contributed by atoms with van der Waals surface area (Å²) in [5.41, 5.74) is 0.918. The molecule has 0 radical (unpaired) electrons. The molecule has 186 valence electrons. The molecule has 1 aliphatic rings. The van der Waals surface area contributed by atoms with Crippen molar-refractivity contribution in [2.45, 2.75) is 13.0 Å². The molecule has 0 aliphatic carbocycles. The minimum Gasteiger partial charge on any atom is -0.507 e. The topological polar surface area (TPSA) is 117 Å². The number of hydrogen-bond donors (Lipinski definition) is 1. The molecule has 10 heteroatoms. The molecule has 3 aromatic carbocycles. The second-order valence-corrected chi connectivity index (χ2v) is 8.78. The van der Waals surface area contributed by atoms with Crippen LogP contribution in [0.25, 0.3) is 5.76 Å². The smallest absolute Gasteiger partial charge is 0.308 e. The van der Waals surface area contributed by atoms with Crippen LogP contribution in [0, 0.1) is 11.3 Å². The third-order valence-electron chi connectivity index (χ3n) is 5.63. The van der Waals surface area contributed by atoms with Crippen LogP contribution in [0.3, 0.4) is 0 Å². The molecule has 0 saturated carbocycles. The minimum atomic E-state index is -1.11. The standard InChI is InChI=1S/C27H18Cl2N2O6/c1-14(32)37-19-5-3-4-16(10-19)23-22(24(33)17-11-20(28)26(36-2)21(29)12-17)25(34)27(35)31(23)18-8-6-15(13-30)7-9-18/h3-12,23,33H,1-2H3/b24-22+. The second kappa shape index (κ2) is 10.3. The van der Waals surface area contributed by atoms with Crippen molar-refractivity contribution in [3.05, 3.63) is 93.0 Å².